The summed E-state index contributed by atoms with van der Waals surface area (Å²) in [5, 5.41) is 0. The zero-order chi connectivity index (χ0) is 17.1. The minimum absolute atomic E-state index is 0. The molecule has 0 aliphatic heterocycles. The van der Waals surface area contributed by atoms with E-state index in [1.807, 2.05) is 0 Å². The molecule has 0 bridgehead atoms. The maximum atomic E-state index is 2.38. The van der Waals surface area contributed by atoms with Crippen LogP contribution in [0.4, 0.5) is 0 Å². The molecule has 2 aliphatic carbocycles. The van der Waals surface area contributed by atoms with E-state index in [1.165, 1.54) is 22.3 Å². The summed E-state index contributed by atoms with van der Waals surface area (Å²) >= 11 is 0. The van der Waals surface area contributed by atoms with Gasteiger partial charge >= 0.3 is 0 Å². The summed E-state index contributed by atoms with van der Waals surface area (Å²) in [6.07, 6.45) is 9.24. The summed E-state index contributed by atoms with van der Waals surface area (Å²) in [6.45, 7) is 9.51. The van der Waals surface area contributed by atoms with Gasteiger partial charge in [0.25, 0.3) is 0 Å². The van der Waals surface area contributed by atoms with E-state index in [0.717, 1.165) is 11.1 Å². The Balaban J connectivity index is 0.000000451. The number of hydrogen-bond acceptors (Lipinski definition) is 0. The van der Waals surface area contributed by atoms with Crippen LogP contribution in [0.5, 0.6) is 0 Å². The van der Waals surface area contributed by atoms with Crippen molar-refractivity contribution in [3.05, 3.63) is 82.9 Å². The first-order chi connectivity index (χ1) is 11.6. The SMILES string of the molecule is C[Si](C)C1C=Cc2ccccc21.C[Si](C)C1C=Cc2ccccc21.[Cl-].[Cl-].[Hf]. The maximum absolute atomic E-state index is 2.38. The van der Waals surface area contributed by atoms with Gasteiger partial charge in [-0.2, -0.15) is 0 Å². The molecular formula is C22H26Cl2HfSi2-2. The number of rotatable bonds is 2. The molecule has 0 heterocycles. The smallest absolute Gasteiger partial charge is 0.0548 e. The Hall–Kier alpha value is -0.196. The molecule has 0 saturated carbocycles. The first-order valence-corrected chi connectivity index (χ1v) is 13.9. The van der Waals surface area contributed by atoms with Crippen LogP contribution < -0.4 is 24.8 Å². The fourth-order valence-corrected chi connectivity index (χ4v) is 6.24. The van der Waals surface area contributed by atoms with Crippen LogP contribution in [0.15, 0.2) is 60.7 Å². The van der Waals surface area contributed by atoms with Gasteiger partial charge in [0.1, 0.15) is 0 Å². The molecule has 2 aromatic carbocycles. The van der Waals surface area contributed by atoms with Crippen LogP contribution in [0.25, 0.3) is 12.2 Å². The largest absolute Gasteiger partial charge is 1.00 e. The molecule has 142 valence electrons. The van der Waals surface area contributed by atoms with Crippen molar-refractivity contribution in [1.82, 2.24) is 0 Å². The zero-order valence-electron chi connectivity index (χ0n) is 16.3. The molecule has 0 saturated heterocycles. The summed E-state index contributed by atoms with van der Waals surface area (Å²) in [4.78, 5) is 0. The summed E-state index contributed by atoms with van der Waals surface area (Å²) in [7, 11) is -0.422. The predicted octanol–water partition coefficient (Wildman–Crippen LogP) is 0.187. The third kappa shape index (κ3) is 6.40. The van der Waals surface area contributed by atoms with E-state index >= 15 is 0 Å². The maximum Gasteiger partial charge on any atom is 0.0548 e. The van der Waals surface area contributed by atoms with Crippen molar-refractivity contribution >= 4 is 29.7 Å². The average molecular weight is 596 g/mol. The van der Waals surface area contributed by atoms with Crippen LogP contribution in [-0.4, -0.2) is 17.6 Å². The molecule has 0 amide bonds. The molecule has 0 N–H and O–H groups in total. The number of allylic oxidation sites excluding steroid dienone is 2. The van der Waals surface area contributed by atoms with E-state index in [4.69, 9.17) is 0 Å². The molecule has 0 aromatic heterocycles. The van der Waals surface area contributed by atoms with Gasteiger partial charge in [-0.1, -0.05) is 99.0 Å². The molecule has 2 atom stereocenters. The van der Waals surface area contributed by atoms with Crippen LogP contribution in [0, 0.1) is 0 Å². The number of fused-ring (bicyclic) bond motifs is 2. The number of hydrogen-bond donors (Lipinski definition) is 0. The molecule has 0 nitrogen and oxygen atoms in total. The fourth-order valence-electron chi connectivity index (χ4n) is 3.51. The predicted molar refractivity (Wildman–Crippen MR) is 111 cm³/mol. The third-order valence-corrected chi connectivity index (χ3v) is 8.34. The van der Waals surface area contributed by atoms with Crippen molar-refractivity contribution in [2.24, 2.45) is 0 Å². The zero-order valence-corrected chi connectivity index (χ0v) is 23.4. The molecule has 0 fully saturated rings. The molecule has 2 unspecified atom stereocenters. The number of benzene rings is 2. The molecule has 2 radical (unpaired) electrons. The van der Waals surface area contributed by atoms with Crippen LogP contribution in [0.1, 0.15) is 33.3 Å². The van der Waals surface area contributed by atoms with Gasteiger partial charge < -0.3 is 24.8 Å². The summed E-state index contributed by atoms with van der Waals surface area (Å²) in [5.41, 5.74) is 7.41. The molecule has 4 rings (SSSR count). The molecule has 0 spiro atoms. The topological polar surface area (TPSA) is 0 Å². The van der Waals surface area contributed by atoms with Crippen molar-refractivity contribution in [2.45, 2.75) is 37.3 Å². The van der Waals surface area contributed by atoms with E-state index < -0.39 is 0 Å². The second kappa shape index (κ2) is 12.4. The Bertz CT molecular complexity index is 707. The van der Waals surface area contributed by atoms with Crippen LogP contribution in [0.3, 0.4) is 0 Å². The van der Waals surface area contributed by atoms with Gasteiger partial charge in [0.15, 0.2) is 0 Å². The van der Waals surface area contributed by atoms with Gasteiger partial charge in [0.05, 0.1) is 17.6 Å². The monoisotopic (exact) mass is 596 g/mol. The summed E-state index contributed by atoms with van der Waals surface area (Å²) in [5.74, 6) is 0. The molecular weight excluding hydrogens is 570 g/mol. The normalized spacial score (nSPS) is 17.9. The first-order valence-electron chi connectivity index (χ1n) is 8.72. The Kier molecular flexibility index (Phi) is 12.3. The van der Waals surface area contributed by atoms with E-state index in [-0.39, 0.29) is 68.3 Å². The van der Waals surface area contributed by atoms with Gasteiger partial charge in [-0.3, -0.25) is 0 Å². The van der Waals surface area contributed by atoms with Crippen LogP contribution >= 0.6 is 0 Å². The molecule has 27 heavy (non-hydrogen) atoms. The number of halogens is 2. The first kappa shape index (κ1) is 26.8. The van der Waals surface area contributed by atoms with Gasteiger partial charge in [-0.15, -0.1) is 0 Å². The van der Waals surface area contributed by atoms with Gasteiger partial charge in [0, 0.05) is 25.8 Å². The molecule has 2 aliphatic rings. The fraction of sp³-hybridized carbons (Fsp3) is 0.273. The Morgan fingerprint density at radius 1 is 0.593 bits per heavy atom. The van der Waals surface area contributed by atoms with Crippen molar-refractivity contribution < 1.29 is 50.7 Å². The Morgan fingerprint density at radius 3 is 1.26 bits per heavy atom. The quantitative estimate of drug-likeness (QED) is 0.435. The van der Waals surface area contributed by atoms with Crippen molar-refractivity contribution in [1.29, 1.82) is 0 Å². The summed E-state index contributed by atoms with van der Waals surface area (Å²) in [6, 6.07) is 17.4. The summed E-state index contributed by atoms with van der Waals surface area (Å²) < 4.78 is 0. The molecule has 5 heteroatoms. The van der Waals surface area contributed by atoms with Gasteiger partial charge in [0.2, 0.25) is 0 Å². The van der Waals surface area contributed by atoms with Crippen molar-refractivity contribution in [2.75, 3.05) is 0 Å². The van der Waals surface area contributed by atoms with Crippen molar-refractivity contribution in [3.63, 3.8) is 0 Å². The Morgan fingerprint density at radius 2 is 0.926 bits per heavy atom. The van der Waals surface area contributed by atoms with Crippen LogP contribution in [0.2, 0.25) is 26.2 Å². The second-order valence-electron chi connectivity index (χ2n) is 7.09. The third-order valence-electron chi connectivity index (χ3n) is 4.84. The van der Waals surface area contributed by atoms with E-state index in [9.17, 15) is 0 Å². The minimum atomic E-state index is -0.211. The second-order valence-corrected chi connectivity index (χ2v) is 12.6. The van der Waals surface area contributed by atoms with Crippen molar-refractivity contribution in [3.8, 4) is 0 Å². The minimum Gasteiger partial charge on any atom is -1.00 e. The van der Waals surface area contributed by atoms with Gasteiger partial charge in [-0.05, 0) is 33.3 Å². The standard InChI is InChI=1S/2C11H13Si.2ClH.Hf/c2*1-12(2)11-8-7-9-5-3-4-6-10(9)11;;;/h2*3-8,11H,1-2H3;2*1H;/p-2. The van der Waals surface area contributed by atoms with E-state index in [2.05, 4.69) is 99.0 Å². The van der Waals surface area contributed by atoms with E-state index in [1.54, 1.807) is 0 Å². The van der Waals surface area contributed by atoms with E-state index in [0.29, 0.717) is 0 Å². The Labute approximate surface area is 199 Å². The molecule has 2 aromatic rings. The average Bonchev–Trinajstić information content (AvgIpc) is 3.19. The van der Waals surface area contributed by atoms with Gasteiger partial charge in [-0.25, -0.2) is 0 Å². The van der Waals surface area contributed by atoms with Crippen LogP contribution in [-0.2, 0) is 25.8 Å².